The van der Waals surface area contributed by atoms with Gasteiger partial charge in [-0.3, -0.25) is 4.98 Å². The standard InChI is InChI=1S/C6H5IN2/c7-5-1-2-6(3-8)9-4-5/h1-4,8H. The van der Waals surface area contributed by atoms with E-state index in [9.17, 15) is 0 Å². The molecule has 0 aliphatic carbocycles. The van der Waals surface area contributed by atoms with Gasteiger partial charge in [-0.2, -0.15) is 0 Å². The summed E-state index contributed by atoms with van der Waals surface area (Å²) >= 11 is 2.18. The number of aromatic nitrogens is 1. The Morgan fingerprint density at radius 1 is 1.56 bits per heavy atom. The topological polar surface area (TPSA) is 36.7 Å². The zero-order chi connectivity index (χ0) is 6.69. The van der Waals surface area contributed by atoms with Crippen molar-refractivity contribution >= 4 is 28.8 Å². The zero-order valence-corrected chi connectivity index (χ0v) is 6.79. The molecule has 1 rings (SSSR count). The summed E-state index contributed by atoms with van der Waals surface area (Å²) in [6.07, 6.45) is 2.97. The molecule has 0 radical (unpaired) electrons. The van der Waals surface area contributed by atoms with Gasteiger partial charge in [-0.1, -0.05) is 0 Å². The van der Waals surface area contributed by atoms with E-state index in [1.54, 1.807) is 6.20 Å². The lowest BCUT2D eigenvalue weighted by molar-refractivity contribution is 1.28. The highest BCUT2D eigenvalue weighted by atomic mass is 127. The molecular formula is C6H5IN2. The molecule has 0 aliphatic rings. The van der Waals surface area contributed by atoms with E-state index in [1.165, 1.54) is 6.21 Å². The fourth-order valence-corrected chi connectivity index (χ4v) is 0.792. The summed E-state index contributed by atoms with van der Waals surface area (Å²) in [6.45, 7) is 0. The quantitative estimate of drug-likeness (QED) is 0.580. The predicted octanol–water partition coefficient (Wildman–Crippen LogP) is 1.68. The molecule has 0 aromatic carbocycles. The highest BCUT2D eigenvalue weighted by molar-refractivity contribution is 14.1. The lowest BCUT2D eigenvalue weighted by atomic mass is 10.4. The summed E-state index contributed by atoms with van der Waals surface area (Å²) in [6, 6.07) is 3.74. The van der Waals surface area contributed by atoms with Gasteiger partial charge in [0, 0.05) is 16.0 Å². The monoisotopic (exact) mass is 232 g/mol. The minimum Gasteiger partial charge on any atom is -0.307 e. The molecule has 46 valence electrons. The molecule has 0 spiro atoms. The third kappa shape index (κ3) is 1.74. The summed E-state index contributed by atoms with van der Waals surface area (Å²) in [4.78, 5) is 3.95. The summed E-state index contributed by atoms with van der Waals surface area (Å²) in [5, 5.41) is 6.82. The van der Waals surface area contributed by atoms with E-state index in [-0.39, 0.29) is 0 Å². The lowest BCUT2D eigenvalue weighted by Gasteiger charge is -1.88. The van der Waals surface area contributed by atoms with Crippen LogP contribution in [0.3, 0.4) is 0 Å². The molecule has 0 fully saturated rings. The summed E-state index contributed by atoms with van der Waals surface area (Å²) in [5.74, 6) is 0. The molecule has 0 amide bonds. The maximum Gasteiger partial charge on any atom is 0.0805 e. The number of nitrogens with one attached hydrogen (secondary N) is 1. The normalized spacial score (nSPS) is 9.00. The van der Waals surface area contributed by atoms with Crippen molar-refractivity contribution in [3.63, 3.8) is 0 Å². The maximum absolute atomic E-state index is 6.82. The SMILES string of the molecule is N=Cc1ccc(I)cn1. The van der Waals surface area contributed by atoms with Gasteiger partial charge in [0.05, 0.1) is 5.69 Å². The molecule has 0 atom stereocenters. The first kappa shape index (κ1) is 6.67. The first-order valence-corrected chi connectivity index (χ1v) is 3.53. The number of nitrogens with zero attached hydrogens (tertiary/aromatic N) is 1. The number of pyridine rings is 1. The van der Waals surface area contributed by atoms with E-state index >= 15 is 0 Å². The van der Waals surface area contributed by atoms with Gasteiger partial charge in [0.1, 0.15) is 0 Å². The molecule has 1 heterocycles. The van der Waals surface area contributed by atoms with Crippen LogP contribution in [0.2, 0.25) is 0 Å². The highest BCUT2D eigenvalue weighted by Crippen LogP contribution is 2.00. The Bertz CT molecular complexity index is 205. The van der Waals surface area contributed by atoms with Crippen LogP contribution in [-0.4, -0.2) is 11.2 Å². The number of halogens is 1. The Kier molecular flexibility index (Phi) is 2.16. The first-order valence-electron chi connectivity index (χ1n) is 2.45. The molecule has 1 aromatic heterocycles. The summed E-state index contributed by atoms with van der Waals surface area (Å²) in [7, 11) is 0. The summed E-state index contributed by atoms with van der Waals surface area (Å²) < 4.78 is 1.10. The van der Waals surface area contributed by atoms with Crippen LogP contribution in [0.25, 0.3) is 0 Å². The Morgan fingerprint density at radius 2 is 2.33 bits per heavy atom. The number of hydrogen-bond donors (Lipinski definition) is 1. The van der Waals surface area contributed by atoms with Gasteiger partial charge < -0.3 is 5.41 Å². The van der Waals surface area contributed by atoms with E-state index < -0.39 is 0 Å². The molecular weight excluding hydrogens is 227 g/mol. The van der Waals surface area contributed by atoms with Crippen LogP contribution in [0.1, 0.15) is 5.69 Å². The second kappa shape index (κ2) is 2.91. The van der Waals surface area contributed by atoms with E-state index in [0.29, 0.717) is 5.69 Å². The number of rotatable bonds is 1. The number of hydrogen-bond acceptors (Lipinski definition) is 2. The van der Waals surface area contributed by atoms with Crippen LogP contribution in [-0.2, 0) is 0 Å². The molecule has 2 nitrogen and oxygen atoms in total. The molecule has 0 bridgehead atoms. The van der Waals surface area contributed by atoms with Crippen LogP contribution in [0.4, 0.5) is 0 Å². The fraction of sp³-hybridized carbons (Fsp3) is 0. The van der Waals surface area contributed by atoms with E-state index in [4.69, 9.17) is 5.41 Å². The van der Waals surface area contributed by atoms with Gasteiger partial charge in [0.2, 0.25) is 0 Å². The molecule has 0 unspecified atom stereocenters. The molecule has 0 aliphatic heterocycles. The zero-order valence-electron chi connectivity index (χ0n) is 4.63. The minimum absolute atomic E-state index is 0.704. The van der Waals surface area contributed by atoms with Crippen molar-refractivity contribution < 1.29 is 0 Å². The Hall–Kier alpha value is -0.450. The fourth-order valence-electron chi connectivity index (χ4n) is 0.473. The predicted molar refractivity (Wildman–Crippen MR) is 44.8 cm³/mol. The van der Waals surface area contributed by atoms with Crippen LogP contribution in [0.15, 0.2) is 18.3 Å². The lowest BCUT2D eigenvalue weighted by Crippen LogP contribution is -1.84. The van der Waals surface area contributed by atoms with Crippen molar-refractivity contribution in [2.75, 3.05) is 0 Å². The second-order valence-electron chi connectivity index (χ2n) is 1.55. The Morgan fingerprint density at radius 3 is 2.78 bits per heavy atom. The molecule has 9 heavy (non-hydrogen) atoms. The molecule has 0 saturated carbocycles. The van der Waals surface area contributed by atoms with E-state index in [1.807, 2.05) is 12.1 Å². The average molecular weight is 232 g/mol. The average Bonchev–Trinajstić information content (AvgIpc) is 1.90. The van der Waals surface area contributed by atoms with Gasteiger partial charge in [-0.15, -0.1) is 0 Å². The summed E-state index contributed by atoms with van der Waals surface area (Å²) in [5.41, 5.74) is 0.704. The van der Waals surface area contributed by atoms with Crippen LogP contribution < -0.4 is 0 Å². The molecule has 1 N–H and O–H groups in total. The van der Waals surface area contributed by atoms with Crippen LogP contribution >= 0.6 is 22.6 Å². The molecule has 3 heteroatoms. The van der Waals surface area contributed by atoms with Crippen molar-refractivity contribution in [1.82, 2.24) is 4.98 Å². The molecule has 0 saturated heterocycles. The first-order chi connectivity index (χ1) is 4.33. The van der Waals surface area contributed by atoms with Crippen LogP contribution in [0.5, 0.6) is 0 Å². The van der Waals surface area contributed by atoms with Crippen molar-refractivity contribution in [2.24, 2.45) is 0 Å². The maximum atomic E-state index is 6.82. The Balaban J connectivity index is 3.01. The largest absolute Gasteiger partial charge is 0.307 e. The minimum atomic E-state index is 0.704. The van der Waals surface area contributed by atoms with Crippen molar-refractivity contribution in [2.45, 2.75) is 0 Å². The van der Waals surface area contributed by atoms with Gasteiger partial charge in [0.25, 0.3) is 0 Å². The third-order valence-electron chi connectivity index (χ3n) is 0.898. The smallest absolute Gasteiger partial charge is 0.0805 e. The van der Waals surface area contributed by atoms with Crippen molar-refractivity contribution in [3.05, 3.63) is 27.6 Å². The third-order valence-corrected chi connectivity index (χ3v) is 1.54. The molecule has 1 aromatic rings. The van der Waals surface area contributed by atoms with Gasteiger partial charge in [-0.05, 0) is 34.7 Å². The van der Waals surface area contributed by atoms with Gasteiger partial charge >= 0.3 is 0 Å². The Labute approximate surface area is 67.0 Å². The van der Waals surface area contributed by atoms with Crippen molar-refractivity contribution in [1.29, 1.82) is 5.41 Å². The van der Waals surface area contributed by atoms with Crippen molar-refractivity contribution in [3.8, 4) is 0 Å². The van der Waals surface area contributed by atoms with Crippen LogP contribution in [0, 0.1) is 8.98 Å². The highest BCUT2D eigenvalue weighted by Gasteiger charge is 1.86. The van der Waals surface area contributed by atoms with E-state index in [0.717, 1.165) is 3.57 Å². The van der Waals surface area contributed by atoms with Gasteiger partial charge in [-0.25, -0.2) is 0 Å². The van der Waals surface area contributed by atoms with Gasteiger partial charge in [0.15, 0.2) is 0 Å². The second-order valence-corrected chi connectivity index (χ2v) is 2.79. The van der Waals surface area contributed by atoms with E-state index in [2.05, 4.69) is 27.6 Å².